The zero-order valence-electron chi connectivity index (χ0n) is 37.7. The van der Waals surface area contributed by atoms with Crippen LogP contribution in [0.15, 0.2) is 95.9 Å². The molecule has 342 valence electrons. The number of aldehydes is 2. The van der Waals surface area contributed by atoms with Gasteiger partial charge in [-0.25, -0.2) is 8.78 Å². The Kier molecular flexibility index (Phi) is 16.4. The molecule has 3 aromatic rings. The minimum atomic E-state index is -0.659. The number of alkyl halides is 1. The summed E-state index contributed by atoms with van der Waals surface area (Å²) in [7, 11) is 1.93. The van der Waals surface area contributed by atoms with Crippen LogP contribution in [-0.4, -0.2) is 110 Å². The number of carbonyl (C=O) groups is 2. The maximum Gasteiger partial charge on any atom is 0.152 e. The Morgan fingerprint density at radius 3 is 2.52 bits per heavy atom. The van der Waals surface area contributed by atoms with E-state index in [9.17, 15) is 19.4 Å². The smallest absolute Gasteiger partial charge is 0.152 e. The number of piperidine rings is 2. The van der Waals surface area contributed by atoms with Gasteiger partial charge in [0, 0.05) is 140 Å². The first kappa shape index (κ1) is 46.6. The molecule has 1 aromatic carbocycles. The van der Waals surface area contributed by atoms with E-state index in [-0.39, 0.29) is 17.9 Å². The lowest BCUT2D eigenvalue weighted by Crippen LogP contribution is -2.39. The monoisotopic (exact) mass is 877 g/mol. The topological polar surface area (TPSA) is 119 Å². The van der Waals surface area contributed by atoms with Gasteiger partial charge >= 0.3 is 0 Å². The molecule has 4 aliphatic rings. The van der Waals surface area contributed by atoms with Crippen molar-refractivity contribution in [3.63, 3.8) is 0 Å². The molecule has 0 amide bonds. The number of ether oxygens (including phenoxy) is 1. The van der Waals surface area contributed by atoms with Crippen LogP contribution < -0.4 is 15.5 Å². The van der Waals surface area contributed by atoms with Crippen molar-refractivity contribution in [3.05, 3.63) is 113 Å². The van der Waals surface area contributed by atoms with E-state index in [4.69, 9.17) is 4.74 Å². The van der Waals surface area contributed by atoms with Crippen LogP contribution in [0.1, 0.15) is 110 Å². The maximum atomic E-state index is 16.9. The number of hydrogen-bond donors (Lipinski definition) is 3. The van der Waals surface area contributed by atoms with Crippen LogP contribution in [-0.2, 0) is 4.74 Å². The first-order chi connectivity index (χ1) is 31.3. The van der Waals surface area contributed by atoms with Crippen molar-refractivity contribution in [2.24, 2.45) is 5.92 Å². The highest BCUT2D eigenvalue weighted by Crippen LogP contribution is 2.38. The summed E-state index contributed by atoms with van der Waals surface area (Å²) in [6.07, 6.45) is 21.0. The van der Waals surface area contributed by atoms with Crippen LogP contribution in [0.3, 0.4) is 0 Å². The summed E-state index contributed by atoms with van der Waals surface area (Å²) in [6, 6.07) is 7.86. The maximum absolute atomic E-state index is 16.9. The van der Waals surface area contributed by atoms with Crippen LogP contribution in [0.2, 0.25) is 0 Å². The minimum absolute atomic E-state index is 0.173. The van der Waals surface area contributed by atoms with Crippen molar-refractivity contribution in [2.45, 2.75) is 89.6 Å². The van der Waals surface area contributed by atoms with Gasteiger partial charge in [-0.15, -0.1) is 0 Å². The van der Waals surface area contributed by atoms with Crippen LogP contribution in [0, 0.1) is 11.3 Å². The third-order valence-corrected chi connectivity index (χ3v) is 13.6. The molecule has 3 N–H and O–H groups in total. The van der Waals surface area contributed by atoms with E-state index in [1.54, 1.807) is 30.6 Å². The van der Waals surface area contributed by atoms with E-state index in [1.807, 2.05) is 36.3 Å². The molecule has 0 unspecified atom stereocenters. The Hall–Kier alpha value is -5.40. The molecule has 3 saturated heterocycles. The van der Waals surface area contributed by atoms with E-state index in [1.165, 1.54) is 6.08 Å². The number of rotatable bonds is 18. The predicted molar refractivity (Wildman–Crippen MR) is 253 cm³/mol. The van der Waals surface area contributed by atoms with Gasteiger partial charge in [0.1, 0.15) is 18.3 Å². The molecule has 0 atom stereocenters. The number of aromatic nitrogens is 2. The molecule has 7 rings (SSSR count). The summed E-state index contributed by atoms with van der Waals surface area (Å²) in [5, 5.41) is 17.4. The summed E-state index contributed by atoms with van der Waals surface area (Å²) in [4.78, 5) is 34.3. The molecule has 3 fully saturated rings. The average molecular weight is 877 g/mol. The molecule has 6 heterocycles. The van der Waals surface area contributed by atoms with Crippen LogP contribution >= 0.6 is 0 Å². The van der Waals surface area contributed by atoms with Gasteiger partial charge in [-0.3, -0.25) is 20.0 Å². The van der Waals surface area contributed by atoms with Crippen molar-refractivity contribution >= 4 is 40.8 Å². The Balaban J connectivity index is 1.05. The Morgan fingerprint density at radius 1 is 1.03 bits per heavy atom. The molecule has 2 aromatic heterocycles. The molecule has 0 radical (unpaired) electrons. The molecule has 4 aliphatic heterocycles. The molecule has 0 saturated carbocycles. The lowest BCUT2D eigenvalue weighted by molar-refractivity contribution is 0.0801. The third kappa shape index (κ3) is 10.7. The molecule has 0 aliphatic carbocycles. The summed E-state index contributed by atoms with van der Waals surface area (Å²) < 4.78 is 38.5. The quantitative estimate of drug-likeness (QED) is 0.0653. The zero-order chi connectivity index (χ0) is 45.0. The lowest BCUT2D eigenvalue weighted by Gasteiger charge is -2.39. The van der Waals surface area contributed by atoms with Crippen molar-refractivity contribution in [1.29, 1.82) is 5.41 Å². The standard InChI is InChI=1S/C51H66F2N8O3/c1-4-42(47(12-21-55-3)57-40-18-28-64-29-19-40)51(54)60-23-7-9-38(48(60)11-6-20-52)31-46(53)44-33-61(50-13-22-56-32-43(44)50)41-16-26-58(27-17-41)36(2)30-37-14-24-59(25-15-37)49-10-5-8-39(34-62)45(49)35-63/h5-6,8,10-11,13,22,31-35,37,40-41,54-55,57H,2,4,7,9,12,14-21,23-30H2,1,3H3/b11-6+,46-31-,47-42-,54-51?. The number of likely N-dealkylation sites (tertiary alicyclic amines) is 1. The van der Waals surface area contributed by atoms with Crippen LogP contribution in [0.25, 0.3) is 16.7 Å². The second-order valence-electron chi connectivity index (χ2n) is 17.5. The van der Waals surface area contributed by atoms with E-state index in [0.29, 0.717) is 66.7 Å². The number of pyridine rings is 1. The van der Waals surface area contributed by atoms with Crippen molar-refractivity contribution < 1.29 is 23.1 Å². The highest BCUT2D eigenvalue weighted by Gasteiger charge is 2.29. The van der Waals surface area contributed by atoms with Gasteiger partial charge in [0.25, 0.3) is 0 Å². The second kappa shape index (κ2) is 22.5. The highest BCUT2D eigenvalue weighted by molar-refractivity contribution is 5.98. The number of allylic oxidation sites excluding steroid dienone is 5. The number of halogens is 2. The Labute approximate surface area is 377 Å². The number of nitrogens with one attached hydrogen (secondary N) is 3. The largest absolute Gasteiger partial charge is 0.385 e. The number of carbonyl (C=O) groups excluding carboxylic acids is 2. The molecule has 0 spiro atoms. The van der Waals surface area contributed by atoms with Gasteiger partial charge in [-0.05, 0) is 107 Å². The normalized spacial score (nSPS) is 19.1. The number of benzene rings is 1. The second-order valence-corrected chi connectivity index (χ2v) is 17.5. The van der Waals surface area contributed by atoms with Gasteiger partial charge in [0.05, 0.1) is 5.52 Å². The molecular weight excluding hydrogens is 811 g/mol. The lowest BCUT2D eigenvalue weighted by atomic mass is 9.90. The first-order valence-electron chi connectivity index (χ1n) is 23.3. The first-order valence-corrected chi connectivity index (χ1v) is 23.3. The van der Waals surface area contributed by atoms with Crippen LogP contribution in [0.5, 0.6) is 0 Å². The van der Waals surface area contributed by atoms with Gasteiger partial charge in [0.2, 0.25) is 0 Å². The summed E-state index contributed by atoms with van der Waals surface area (Å²) in [5.41, 5.74) is 7.65. The van der Waals surface area contributed by atoms with E-state index >= 15 is 4.39 Å². The fourth-order valence-electron chi connectivity index (χ4n) is 10.1. The number of fused-ring (bicyclic) bond motifs is 1. The highest BCUT2D eigenvalue weighted by atomic mass is 19.1. The molecular formula is C51H66F2N8O3. The van der Waals surface area contributed by atoms with E-state index < -0.39 is 6.67 Å². The Morgan fingerprint density at radius 2 is 1.81 bits per heavy atom. The molecule has 11 nitrogen and oxygen atoms in total. The van der Waals surface area contributed by atoms with E-state index in [0.717, 1.165) is 142 Å². The van der Waals surface area contributed by atoms with Gasteiger partial charge in [-0.1, -0.05) is 31.7 Å². The number of amidine groups is 1. The molecule has 64 heavy (non-hydrogen) atoms. The van der Waals surface area contributed by atoms with Gasteiger partial charge < -0.3 is 34.6 Å². The third-order valence-electron chi connectivity index (χ3n) is 13.6. The summed E-state index contributed by atoms with van der Waals surface area (Å²) in [6.45, 7) is 12.1. The van der Waals surface area contributed by atoms with Crippen molar-refractivity contribution in [2.75, 3.05) is 71.1 Å². The average Bonchev–Trinajstić information content (AvgIpc) is 3.73. The van der Waals surface area contributed by atoms with E-state index in [2.05, 4.69) is 43.5 Å². The summed E-state index contributed by atoms with van der Waals surface area (Å²) >= 11 is 0. The number of hydrogen-bond acceptors (Lipinski definition) is 9. The Bertz CT molecular complexity index is 2260. The van der Waals surface area contributed by atoms with Crippen molar-refractivity contribution in [1.82, 2.24) is 30.0 Å². The fraction of sp³-hybridized carbons (Fsp3) is 0.490. The predicted octanol–water partition coefficient (Wildman–Crippen LogP) is 9.32. The van der Waals surface area contributed by atoms with Gasteiger partial charge in [-0.2, -0.15) is 0 Å². The number of nitrogens with zero attached hydrogens (tertiary/aromatic N) is 5. The van der Waals surface area contributed by atoms with Crippen molar-refractivity contribution in [3.8, 4) is 0 Å². The summed E-state index contributed by atoms with van der Waals surface area (Å²) in [5.74, 6) is 0.484. The molecule has 13 heteroatoms. The molecule has 0 bridgehead atoms. The van der Waals surface area contributed by atoms with Crippen LogP contribution in [0.4, 0.5) is 14.5 Å². The van der Waals surface area contributed by atoms with Gasteiger partial charge in [0.15, 0.2) is 12.6 Å². The fourth-order valence-corrected chi connectivity index (χ4v) is 10.1. The number of anilines is 1. The SMILES string of the molecule is C=C(CC1CCN(c2cccc(C=O)c2C=O)CC1)N1CCC(n2cc(/C(F)=C/C3=C(/C=C/CF)N(C(=N)/C(CC)=C(/CCNC)NC4CCOCC4)CCC3)c3cnccc32)CC1. The minimum Gasteiger partial charge on any atom is -0.385 e. The zero-order valence-corrected chi connectivity index (χ0v) is 37.7.